The lowest BCUT2D eigenvalue weighted by Crippen LogP contribution is -2.37. The van der Waals surface area contributed by atoms with Crippen LogP contribution in [0.25, 0.3) is 0 Å². The number of hydrogen-bond acceptors (Lipinski definition) is 3. The van der Waals surface area contributed by atoms with E-state index in [0.29, 0.717) is 6.54 Å². The molecule has 0 fully saturated rings. The zero-order chi connectivity index (χ0) is 15.8. The molecule has 0 unspecified atom stereocenters. The Morgan fingerprint density at radius 3 is 2.61 bits per heavy atom. The molecule has 2 N–H and O–H groups in total. The molecule has 0 amide bonds. The first-order valence-electron chi connectivity index (χ1n) is 7.33. The molecular formula is C16H22ClIN4S. The van der Waals surface area contributed by atoms with Gasteiger partial charge in [-0.05, 0) is 24.1 Å². The molecular weight excluding hydrogens is 443 g/mol. The zero-order valence-corrected chi connectivity index (χ0v) is 17.2. The molecule has 2 aromatic rings. The van der Waals surface area contributed by atoms with E-state index in [0.717, 1.165) is 35.4 Å². The molecule has 0 radical (unpaired) electrons. The highest BCUT2D eigenvalue weighted by molar-refractivity contribution is 14.0. The van der Waals surface area contributed by atoms with Gasteiger partial charge in [0.1, 0.15) is 0 Å². The van der Waals surface area contributed by atoms with Crippen molar-refractivity contribution in [2.24, 2.45) is 4.99 Å². The van der Waals surface area contributed by atoms with Crippen LogP contribution in [0.2, 0.25) is 5.02 Å². The second-order valence-corrected chi connectivity index (χ2v) is 6.44. The summed E-state index contributed by atoms with van der Waals surface area (Å²) in [6.07, 6.45) is 3.93. The van der Waals surface area contributed by atoms with Crippen LogP contribution < -0.4 is 10.6 Å². The van der Waals surface area contributed by atoms with Gasteiger partial charge in [0, 0.05) is 42.7 Å². The molecule has 0 aliphatic carbocycles. The molecule has 0 saturated heterocycles. The van der Waals surface area contributed by atoms with Gasteiger partial charge in [-0.3, -0.25) is 4.99 Å². The first-order chi connectivity index (χ1) is 10.7. The van der Waals surface area contributed by atoms with Crippen molar-refractivity contribution < 1.29 is 0 Å². The molecule has 2 rings (SSSR count). The molecule has 1 heterocycles. The molecule has 0 aliphatic heterocycles. The van der Waals surface area contributed by atoms with Crippen molar-refractivity contribution in [1.29, 1.82) is 0 Å². The SMILES string of the molecule is CCc1cnc(CCNC(=NC)NCc2ccc(Cl)cc2)s1.I. The van der Waals surface area contributed by atoms with Gasteiger partial charge < -0.3 is 10.6 Å². The fourth-order valence-corrected chi connectivity index (χ4v) is 2.91. The number of aliphatic imine (C=N–C) groups is 1. The second kappa shape index (κ2) is 10.8. The van der Waals surface area contributed by atoms with Gasteiger partial charge in [-0.15, -0.1) is 35.3 Å². The average Bonchev–Trinajstić information content (AvgIpc) is 3.00. The summed E-state index contributed by atoms with van der Waals surface area (Å²) in [5.41, 5.74) is 1.17. The van der Waals surface area contributed by atoms with E-state index in [1.54, 1.807) is 18.4 Å². The molecule has 7 heteroatoms. The van der Waals surface area contributed by atoms with Gasteiger partial charge in [-0.25, -0.2) is 4.98 Å². The Balaban J connectivity index is 0.00000264. The number of aromatic nitrogens is 1. The minimum Gasteiger partial charge on any atom is -0.356 e. The zero-order valence-electron chi connectivity index (χ0n) is 13.3. The van der Waals surface area contributed by atoms with Crippen molar-refractivity contribution >= 4 is 52.9 Å². The van der Waals surface area contributed by atoms with E-state index in [-0.39, 0.29) is 24.0 Å². The van der Waals surface area contributed by atoms with E-state index in [1.165, 1.54) is 10.4 Å². The number of nitrogens with one attached hydrogen (secondary N) is 2. The first kappa shape index (κ1) is 20.2. The summed E-state index contributed by atoms with van der Waals surface area (Å²) in [4.78, 5) is 9.98. The molecule has 1 aromatic carbocycles. The molecule has 1 aromatic heterocycles. The molecule has 0 bridgehead atoms. The maximum Gasteiger partial charge on any atom is 0.191 e. The van der Waals surface area contributed by atoms with Crippen LogP contribution in [0.15, 0.2) is 35.5 Å². The van der Waals surface area contributed by atoms with Crippen molar-refractivity contribution in [2.75, 3.05) is 13.6 Å². The van der Waals surface area contributed by atoms with E-state index in [4.69, 9.17) is 11.6 Å². The quantitative estimate of drug-likeness (QED) is 0.387. The number of aryl methyl sites for hydroxylation is 1. The lowest BCUT2D eigenvalue weighted by atomic mass is 10.2. The molecule has 0 aliphatic rings. The minimum absolute atomic E-state index is 0. The Bertz CT molecular complexity index is 613. The maximum absolute atomic E-state index is 5.88. The van der Waals surface area contributed by atoms with Gasteiger partial charge in [-0.2, -0.15) is 0 Å². The smallest absolute Gasteiger partial charge is 0.191 e. The van der Waals surface area contributed by atoms with Crippen molar-refractivity contribution in [2.45, 2.75) is 26.3 Å². The lowest BCUT2D eigenvalue weighted by molar-refractivity contribution is 0.792. The van der Waals surface area contributed by atoms with Gasteiger partial charge in [0.2, 0.25) is 0 Å². The molecule has 4 nitrogen and oxygen atoms in total. The summed E-state index contributed by atoms with van der Waals surface area (Å²) in [7, 11) is 1.77. The Kier molecular flexibility index (Phi) is 9.50. The van der Waals surface area contributed by atoms with Crippen molar-refractivity contribution in [1.82, 2.24) is 15.6 Å². The van der Waals surface area contributed by atoms with Crippen LogP contribution in [-0.4, -0.2) is 24.5 Å². The van der Waals surface area contributed by atoms with E-state index in [1.807, 2.05) is 30.5 Å². The lowest BCUT2D eigenvalue weighted by Gasteiger charge is -2.11. The second-order valence-electron chi connectivity index (χ2n) is 4.80. The first-order valence-corrected chi connectivity index (χ1v) is 8.53. The minimum atomic E-state index is 0. The number of hydrogen-bond donors (Lipinski definition) is 2. The third-order valence-electron chi connectivity index (χ3n) is 3.18. The molecule has 0 saturated carbocycles. The largest absolute Gasteiger partial charge is 0.356 e. The highest BCUT2D eigenvalue weighted by Crippen LogP contribution is 2.13. The van der Waals surface area contributed by atoms with Gasteiger partial charge in [-0.1, -0.05) is 30.7 Å². The van der Waals surface area contributed by atoms with Gasteiger partial charge in [0.05, 0.1) is 5.01 Å². The Labute approximate surface area is 163 Å². The van der Waals surface area contributed by atoms with Crippen molar-refractivity contribution in [3.63, 3.8) is 0 Å². The predicted octanol–water partition coefficient (Wildman–Crippen LogP) is 3.88. The summed E-state index contributed by atoms with van der Waals surface area (Å²) >= 11 is 7.66. The van der Waals surface area contributed by atoms with E-state index < -0.39 is 0 Å². The van der Waals surface area contributed by atoms with Gasteiger partial charge in [0.15, 0.2) is 5.96 Å². The van der Waals surface area contributed by atoms with Crippen LogP contribution in [0.4, 0.5) is 0 Å². The molecule has 23 heavy (non-hydrogen) atoms. The topological polar surface area (TPSA) is 49.3 Å². The van der Waals surface area contributed by atoms with E-state index >= 15 is 0 Å². The molecule has 0 atom stereocenters. The normalized spacial score (nSPS) is 11.0. The summed E-state index contributed by atoms with van der Waals surface area (Å²) in [6, 6.07) is 7.79. The van der Waals surface area contributed by atoms with Crippen LogP contribution in [0.5, 0.6) is 0 Å². The summed E-state index contributed by atoms with van der Waals surface area (Å²) in [6.45, 7) is 3.68. The number of guanidine groups is 1. The van der Waals surface area contributed by atoms with Crippen LogP contribution in [0.3, 0.4) is 0 Å². The third-order valence-corrected chi connectivity index (χ3v) is 4.63. The van der Waals surface area contributed by atoms with Gasteiger partial charge >= 0.3 is 0 Å². The van der Waals surface area contributed by atoms with E-state index in [9.17, 15) is 0 Å². The summed E-state index contributed by atoms with van der Waals surface area (Å²) in [5, 5.41) is 8.51. The fraction of sp³-hybridized carbons (Fsp3) is 0.375. The fourth-order valence-electron chi connectivity index (χ4n) is 1.92. The van der Waals surface area contributed by atoms with Crippen LogP contribution in [-0.2, 0) is 19.4 Å². The predicted molar refractivity (Wildman–Crippen MR) is 110 cm³/mol. The monoisotopic (exact) mass is 464 g/mol. The summed E-state index contributed by atoms with van der Waals surface area (Å²) < 4.78 is 0. The number of nitrogens with zero attached hydrogens (tertiary/aromatic N) is 2. The van der Waals surface area contributed by atoms with Gasteiger partial charge in [0.25, 0.3) is 0 Å². The number of thiazole rings is 1. The number of benzene rings is 1. The van der Waals surface area contributed by atoms with Crippen LogP contribution >= 0.6 is 46.9 Å². The number of halogens is 2. The third kappa shape index (κ3) is 7.05. The average molecular weight is 465 g/mol. The summed E-state index contributed by atoms with van der Waals surface area (Å²) in [5.74, 6) is 0.794. The van der Waals surface area contributed by atoms with Crippen LogP contribution in [0, 0.1) is 0 Å². The van der Waals surface area contributed by atoms with Crippen molar-refractivity contribution in [3.8, 4) is 0 Å². The molecule has 126 valence electrons. The highest BCUT2D eigenvalue weighted by Gasteiger charge is 2.02. The number of rotatable bonds is 6. The maximum atomic E-state index is 5.88. The Morgan fingerprint density at radius 2 is 2.00 bits per heavy atom. The highest BCUT2D eigenvalue weighted by atomic mass is 127. The van der Waals surface area contributed by atoms with Crippen molar-refractivity contribution in [3.05, 3.63) is 50.9 Å². The van der Waals surface area contributed by atoms with E-state index in [2.05, 4.69) is 27.5 Å². The molecule has 0 spiro atoms. The Hall–Kier alpha value is -0.860. The Morgan fingerprint density at radius 1 is 1.26 bits per heavy atom. The standard InChI is InChI=1S/C16H21ClN4S.HI/c1-3-14-11-20-15(22-14)8-9-19-16(18-2)21-10-12-4-6-13(17)7-5-12;/h4-7,11H,3,8-10H2,1-2H3,(H2,18,19,21);1H. The van der Waals surface area contributed by atoms with Crippen LogP contribution in [0.1, 0.15) is 22.4 Å².